The molecule has 180 valence electrons. The lowest BCUT2D eigenvalue weighted by Crippen LogP contribution is -2.34. The summed E-state index contributed by atoms with van der Waals surface area (Å²) >= 11 is 0. The van der Waals surface area contributed by atoms with Crippen LogP contribution in [0.3, 0.4) is 0 Å². The summed E-state index contributed by atoms with van der Waals surface area (Å²) in [5, 5.41) is 2.83. The maximum atomic E-state index is 13.4. The van der Waals surface area contributed by atoms with Gasteiger partial charge in [0.2, 0.25) is 5.43 Å². The number of hydrogen-bond donors (Lipinski definition) is 2. The van der Waals surface area contributed by atoms with Crippen LogP contribution in [0, 0.1) is 0 Å². The van der Waals surface area contributed by atoms with Gasteiger partial charge in [0.15, 0.2) is 0 Å². The number of H-pyrrole nitrogens is 1. The van der Waals surface area contributed by atoms with E-state index >= 15 is 0 Å². The molecule has 2 aromatic carbocycles. The quantitative estimate of drug-likeness (QED) is 0.507. The van der Waals surface area contributed by atoms with E-state index in [2.05, 4.69) is 10.3 Å². The fourth-order valence-electron chi connectivity index (χ4n) is 3.92. The highest BCUT2D eigenvalue weighted by molar-refractivity contribution is 7.92. The number of nitrogens with one attached hydrogen (secondary N) is 2. The molecule has 1 amide bonds. The summed E-state index contributed by atoms with van der Waals surface area (Å²) in [5.41, 5.74) is 0.167. The minimum Gasteiger partial charge on any atom is -0.492 e. The largest absolute Gasteiger partial charge is 0.492 e. The molecule has 2 heterocycles. The van der Waals surface area contributed by atoms with Gasteiger partial charge in [0.25, 0.3) is 15.9 Å². The second-order valence-corrected chi connectivity index (χ2v) is 9.93. The Hall–Kier alpha value is -3.37. The predicted molar refractivity (Wildman–Crippen MR) is 129 cm³/mol. The second kappa shape index (κ2) is 9.86. The fourth-order valence-corrected chi connectivity index (χ4v) is 5.15. The molecule has 3 aromatic rings. The van der Waals surface area contributed by atoms with Gasteiger partial charge in [-0.1, -0.05) is 12.1 Å². The van der Waals surface area contributed by atoms with Crippen LogP contribution in [0.2, 0.25) is 0 Å². The molecule has 1 fully saturated rings. The Labute approximate surface area is 197 Å². The van der Waals surface area contributed by atoms with Gasteiger partial charge in [0.05, 0.1) is 23.3 Å². The van der Waals surface area contributed by atoms with Crippen molar-refractivity contribution in [3.05, 3.63) is 64.4 Å². The van der Waals surface area contributed by atoms with Gasteiger partial charge in [-0.15, -0.1) is 0 Å². The van der Waals surface area contributed by atoms with Crippen LogP contribution in [0.15, 0.2) is 58.4 Å². The van der Waals surface area contributed by atoms with Crippen molar-refractivity contribution in [2.24, 2.45) is 0 Å². The smallest absolute Gasteiger partial charge is 0.264 e. The van der Waals surface area contributed by atoms with Crippen molar-refractivity contribution in [2.45, 2.75) is 30.8 Å². The standard InChI is InChI=1S/C24H27N3O6S/c1-3-32-22-9-5-4-8-21(22)27(2)34(30,31)17-10-11-20-18(13-17)23(28)19(15-25-20)24(29)26-14-16-7-6-12-33-16/h4-5,8-11,13,15-16H,3,6-7,12,14H2,1-2H3,(H,25,28)(H,26,29). The van der Waals surface area contributed by atoms with Crippen molar-refractivity contribution < 1.29 is 22.7 Å². The number of anilines is 1. The molecular formula is C24H27N3O6S. The number of rotatable bonds is 8. The number of fused-ring (bicyclic) bond motifs is 1. The van der Waals surface area contributed by atoms with Crippen LogP contribution in [0.25, 0.3) is 10.9 Å². The number of benzene rings is 2. The van der Waals surface area contributed by atoms with Gasteiger partial charge >= 0.3 is 0 Å². The first kappa shape index (κ1) is 23.8. The lowest BCUT2D eigenvalue weighted by Gasteiger charge is -2.22. The molecule has 0 saturated carbocycles. The molecule has 10 heteroatoms. The van der Waals surface area contributed by atoms with Crippen LogP contribution in [0.1, 0.15) is 30.1 Å². The first-order valence-corrected chi connectivity index (χ1v) is 12.5. The number of pyridine rings is 1. The molecule has 1 aromatic heterocycles. The van der Waals surface area contributed by atoms with Gasteiger partial charge < -0.3 is 19.8 Å². The van der Waals surface area contributed by atoms with E-state index in [4.69, 9.17) is 9.47 Å². The molecule has 1 saturated heterocycles. The summed E-state index contributed by atoms with van der Waals surface area (Å²) < 4.78 is 38.9. The maximum Gasteiger partial charge on any atom is 0.264 e. The number of carbonyl (C=O) groups excluding carboxylic acids is 1. The molecule has 1 unspecified atom stereocenters. The van der Waals surface area contributed by atoms with E-state index in [9.17, 15) is 18.0 Å². The summed E-state index contributed by atoms with van der Waals surface area (Å²) in [5.74, 6) is -0.102. The van der Waals surface area contributed by atoms with Gasteiger partial charge in [-0.3, -0.25) is 13.9 Å². The molecule has 0 spiro atoms. The van der Waals surface area contributed by atoms with Crippen molar-refractivity contribution in [1.82, 2.24) is 10.3 Å². The Kier molecular flexibility index (Phi) is 6.90. The summed E-state index contributed by atoms with van der Waals surface area (Å²) in [6.45, 7) is 3.18. The highest BCUT2D eigenvalue weighted by Gasteiger charge is 2.25. The average Bonchev–Trinajstić information content (AvgIpc) is 3.36. The van der Waals surface area contributed by atoms with Crippen molar-refractivity contribution in [3.8, 4) is 5.75 Å². The molecule has 9 nitrogen and oxygen atoms in total. The third-order valence-electron chi connectivity index (χ3n) is 5.77. The number of nitrogens with zero attached hydrogens (tertiary/aromatic N) is 1. The molecule has 0 bridgehead atoms. The number of para-hydroxylation sites is 2. The molecular weight excluding hydrogens is 458 g/mol. The van der Waals surface area contributed by atoms with E-state index in [0.29, 0.717) is 36.7 Å². The highest BCUT2D eigenvalue weighted by atomic mass is 32.2. The summed E-state index contributed by atoms with van der Waals surface area (Å²) in [6, 6.07) is 11.0. The Morgan fingerprint density at radius 1 is 1.26 bits per heavy atom. The van der Waals surface area contributed by atoms with E-state index in [1.807, 2.05) is 6.92 Å². The third-order valence-corrected chi connectivity index (χ3v) is 7.54. The van der Waals surface area contributed by atoms with Crippen LogP contribution >= 0.6 is 0 Å². The van der Waals surface area contributed by atoms with E-state index in [-0.39, 0.29) is 21.9 Å². The van der Waals surface area contributed by atoms with Gasteiger partial charge in [-0.25, -0.2) is 8.42 Å². The molecule has 0 radical (unpaired) electrons. The van der Waals surface area contributed by atoms with E-state index in [0.717, 1.165) is 17.1 Å². The molecule has 2 N–H and O–H groups in total. The molecule has 4 rings (SSSR count). The van der Waals surface area contributed by atoms with Gasteiger partial charge in [-0.2, -0.15) is 0 Å². The third kappa shape index (κ3) is 4.64. The zero-order valence-corrected chi connectivity index (χ0v) is 19.9. The van der Waals surface area contributed by atoms with Crippen molar-refractivity contribution >= 4 is 32.5 Å². The lowest BCUT2D eigenvalue weighted by molar-refractivity contribution is 0.0857. The monoisotopic (exact) mass is 485 g/mol. The first-order chi connectivity index (χ1) is 16.3. The van der Waals surface area contributed by atoms with Gasteiger partial charge in [-0.05, 0) is 50.1 Å². The number of carbonyl (C=O) groups is 1. The molecule has 1 atom stereocenters. The van der Waals surface area contributed by atoms with Crippen LogP contribution in [-0.4, -0.2) is 52.2 Å². The Morgan fingerprint density at radius 3 is 2.79 bits per heavy atom. The molecule has 1 aliphatic rings. The van der Waals surface area contributed by atoms with Crippen LogP contribution in [-0.2, 0) is 14.8 Å². The predicted octanol–water partition coefficient (Wildman–Crippen LogP) is 2.66. The minimum absolute atomic E-state index is 0.0599. The summed E-state index contributed by atoms with van der Waals surface area (Å²) in [6.07, 6.45) is 3.08. The lowest BCUT2D eigenvalue weighted by atomic mass is 10.1. The normalized spacial score (nSPS) is 15.9. The van der Waals surface area contributed by atoms with Gasteiger partial charge in [0.1, 0.15) is 11.3 Å². The van der Waals surface area contributed by atoms with Crippen molar-refractivity contribution in [1.29, 1.82) is 0 Å². The maximum absolute atomic E-state index is 13.4. The number of sulfonamides is 1. The van der Waals surface area contributed by atoms with Crippen molar-refractivity contribution in [3.63, 3.8) is 0 Å². The fraction of sp³-hybridized carbons (Fsp3) is 0.333. The Balaban J connectivity index is 1.66. The Bertz CT molecular complexity index is 1360. The first-order valence-electron chi connectivity index (χ1n) is 11.1. The number of ether oxygens (including phenoxy) is 2. The summed E-state index contributed by atoms with van der Waals surface area (Å²) in [4.78, 5) is 28.5. The molecule has 1 aliphatic heterocycles. The topological polar surface area (TPSA) is 118 Å². The average molecular weight is 486 g/mol. The summed E-state index contributed by atoms with van der Waals surface area (Å²) in [7, 11) is -2.58. The van der Waals surface area contributed by atoms with E-state index in [1.165, 1.54) is 31.4 Å². The number of aromatic amines is 1. The number of hydrogen-bond acceptors (Lipinski definition) is 6. The minimum atomic E-state index is -4.01. The van der Waals surface area contributed by atoms with Gasteiger partial charge in [0, 0.05) is 37.3 Å². The van der Waals surface area contributed by atoms with E-state index in [1.54, 1.807) is 24.3 Å². The second-order valence-electron chi connectivity index (χ2n) is 7.96. The van der Waals surface area contributed by atoms with Crippen LogP contribution in [0.5, 0.6) is 5.75 Å². The Morgan fingerprint density at radius 2 is 2.06 bits per heavy atom. The van der Waals surface area contributed by atoms with Crippen LogP contribution in [0.4, 0.5) is 5.69 Å². The molecule has 34 heavy (non-hydrogen) atoms. The van der Waals surface area contributed by atoms with Crippen molar-refractivity contribution in [2.75, 3.05) is 31.1 Å². The zero-order valence-electron chi connectivity index (χ0n) is 19.0. The highest BCUT2D eigenvalue weighted by Crippen LogP contribution is 2.31. The number of amides is 1. The van der Waals surface area contributed by atoms with Crippen LogP contribution < -0.4 is 19.8 Å². The molecule has 0 aliphatic carbocycles. The SMILES string of the molecule is CCOc1ccccc1N(C)S(=O)(=O)c1ccc2[nH]cc(C(=O)NCC3CCCO3)c(=O)c2c1. The number of aromatic nitrogens is 1. The van der Waals surface area contributed by atoms with E-state index < -0.39 is 21.4 Å². The zero-order chi connectivity index (χ0) is 24.3.